The lowest BCUT2D eigenvalue weighted by atomic mass is 10.0. The van der Waals surface area contributed by atoms with Crippen LogP contribution in [-0.4, -0.2) is 24.0 Å². The van der Waals surface area contributed by atoms with Gasteiger partial charge >= 0.3 is 0 Å². The van der Waals surface area contributed by atoms with Gasteiger partial charge in [-0.05, 0) is 38.8 Å². The highest BCUT2D eigenvalue weighted by Gasteiger charge is 2.30. The SMILES string of the molecule is C=C1NC(N)=C(CCCC)N1C1CCNCC1. The Balaban J connectivity index is 2.09. The van der Waals surface area contributed by atoms with Gasteiger partial charge in [-0.25, -0.2) is 0 Å². The first-order chi connectivity index (χ1) is 8.24. The first kappa shape index (κ1) is 12.3. The number of allylic oxidation sites excluding steroid dienone is 1. The number of piperidine rings is 1. The van der Waals surface area contributed by atoms with Crippen LogP contribution in [0.4, 0.5) is 0 Å². The van der Waals surface area contributed by atoms with E-state index >= 15 is 0 Å². The molecular formula is C13H24N4. The number of rotatable bonds is 4. The molecule has 0 amide bonds. The third-order valence-electron chi connectivity index (χ3n) is 3.61. The summed E-state index contributed by atoms with van der Waals surface area (Å²) in [5.41, 5.74) is 7.31. The largest absolute Gasteiger partial charge is 0.384 e. The van der Waals surface area contributed by atoms with Gasteiger partial charge in [0.1, 0.15) is 11.6 Å². The van der Waals surface area contributed by atoms with Crippen molar-refractivity contribution in [1.29, 1.82) is 0 Å². The second-order valence-electron chi connectivity index (χ2n) is 4.89. The van der Waals surface area contributed by atoms with Crippen LogP contribution >= 0.6 is 0 Å². The third kappa shape index (κ3) is 2.57. The Morgan fingerprint density at radius 1 is 1.41 bits per heavy atom. The normalized spacial score (nSPS) is 22.2. The van der Waals surface area contributed by atoms with Gasteiger partial charge in [-0.15, -0.1) is 0 Å². The topological polar surface area (TPSA) is 53.3 Å². The molecule has 1 fully saturated rings. The van der Waals surface area contributed by atoms with Crippen molar-refractivity contribution in [2.24, 2.45) is 5.73 Å². The molecule has 2 aliphatic rings. The van der Waals surface area contributed by atoms with Crippen LogP contribution in [-0.2, 0) is 0 Å². The molecule has 2 heterocycles. The maximum Gasteiger partial charge on any atom is 0.122 e. The van der Waals surface area contributed by atoms with E-state index in [-0.39, 0.29) is 0 Å². The summed E-state index contributed by atoms with van der Waals surface area (Å²) in [6, 6.07) is 0.559. The lowest BCUT2D eigenvalue weighted by Crippen LogP contribution is -2.41. The van der Waals surface area contributed by atoms with Crippen molar-refractivity contribution in [3.63, 3.8) is 0 Å². The minimum atomic E-state index is 0.559. The zero-order chi connectivity index (χ0) is 12.3. The van der Waals surface area contributed by atoms with E-state index < -0.39 is 0 Å². The van der Waals surface area contributed by atoms with Crippen LogP contribution in [0.15, 0.2) is 23.9 Å². The Morgan fingerprint density at radius 2 is 2.12 bits per heavy atom. The average Bonchev–Trinajstić information content (AvgIpc) is 2.62. The number of unbranched alkanes of at least 4 members (excludes halogenated alkanes) is 1. The first-order valence-corrected chi connectivity index (χ1v) is 6.68. The summed E-state index contributed by atoms with van der Waals surface area (Å²) in [5, 5.41) is 6.59. The molecule has 4 N–H and O–H groups in total. The highest BCUT2D eigenvalue weighted by molar-refractivity contribution is 5.26. The summed E-state index contributed by atoms with van der Waals surface area (Å²) in [5.74, 6) is 1.77. The van der Waals surface area contributed by atoms with Crippen molar-refractivity contribution < 1.29 is 0 Å². The van der Waals surface area contributed by atoms with Crippen LogP contribution in [0.1, 0.15) is 39.0 Å². The molecule has 96 valence electrons. The summed E-state index contributed by atoms with van der Waals surface area (Å²) >= 11 is 0. The molecule has 0 atom stereocenters. The van der Waals surface area contributed by atoms with Crippen LogP contribution in [0.2, 0.25) is 0 Å². The highest BCUT2D eigenvalue weighted by Crippen LogP contribution is 2.29. The quantitative estimate of drug-likeness (QED) is 0.691. The molecule has 0 radical (unpaired) electrons. The molecule has 0 aromatic heterocycles. The lowest BCUT2D eigenvalue weighted by molar-refractivity contribution is 0.250. The fourth-order valence-corrected chi connectivity index (χ4v) is 2.69. The van der Waals surface area contributed by atoms with Gasteiger partial charge in [-0.2, -0.15) is 0 Å². The molecule has 0 aromatic rings. The highest BCUT2D eigenvalue weighted by atomic mass is 15.3. The Hall–Kier alpha value is -1.16. The van der Waals surface area contributed by atoms with Crippen molar-refractivity contribution in [2.45, 2.75) is 45.1 Å². The molecule has 4 heteroatoms. The third-order valence-corrected chi connectivity index (χ3v) is 3.61. The van der Waals surface area contributed by atoms with Crippen molar-refractivity contribution in [3.8, 4) is 0 Å². The Bertz CT molecular complexity index is 315. The number of nitrogens with one attached hydrogen (secondary N) is 2. The van der Waals surface area contributed by atoms with Gasteiger partial charge in [-0.3, -0.25) is 0 Å². The van der Waals surface area contributed by atoms with Gasteiger partial charge in [-0.1, -0.05) is 19.9 Å². The van der Waals surface area contributed by atoms with Gasteiger partial charge in [0.15, 0.2) is 0 Å². The van der Waals surface area contributed by atoms with Crippen LogP contribution < -0.4 is 16.4 Å². The van der Waals surface area contributed by atoms with E-state index in [9.17, 15) is 0 Å². The van der Waals surface area contributed by atoms with Crippen molar-refractivity contribution in [3.05, 3.63) is 23.9 Å². The maximum absolute atomic E-state index is 6.06. The first-order valence-electron chi connectivity index (χ1n) is 6.68. The predicted molar refractivity (Wildman–Crippen MR) is 70.7 cm³/mol. The number of hydrogen-bond donors (Lipinski definition) is 3. The second-order valence-corrected chi connectivity index (χ2v) is 4.89. The molecule has 4 nitrogen and oxygen atoms in total. The molecule has 2 rings (SSSR count). The minimum absolute atomic E-state index is 0.559. The Labute approximate surface area is 104 Å². The Morgan fingerprint density at radius 3 is 2.76 bits per heavy atom. The van der Waals surface area contributed by atoms with E-state index in [2.05, 4.69) is 29.0 Å². The molecule has 0 bridgehead atoms. The van der Waals surface area contributed by atoms with Gasteiger partial charge in [0.05, 0.1) is 5.70 Å². The molecule has 0 unspecified atom stereocenters. The molecular weight excluding hydrogens is 212 g/mol. The van der Waals surface area contributed by atoms with E-state index in [4.69, 9.17) is 5.73 Å². The monoisotopic (exact) mass is 236 g/mol. The summed E-state index contributed by atoms with van der Waals surface area (Å²) in [4.78, 5) is 2.34. The fourth-order valence-electron chi connectivity index (χ4n) is 2.69. The van der Waals surface area contributed by atoms with Gasteiger partial charge in [0, 0.05) is 6.04 Å². The molecule has 17 heavy (non-hydrogen) atoms. The maximum atomic E-state index is 6.06. The van der Waals surface area contributed by atoms with Crippen molar-refractivity contribution in [2.75, 3.05) is 13.1 Å². The molecule has 0 aliphatic carbocycles. The minimum Gasteiger partial charge on any atom is -0.384 e. The molecule has 0 saturated carbocycles. The zero-order valence-electron chi connectivity index (χ0n) is 10.8. The van der Waals surface area contributed by atoms with Crippen LogP contribution in [0.25, 0.3) is 0 Å². The zero-order valence-corrected chi connectivity index (χ0v) is 10.8. The Kier molecular flexibility index (Phi) is 3.94. The van der Waals surface area contributed by atoms with Gasteiger partial charge in [0.25, 0.3) is 0 Å². The number of nitrogens with zero attached hydrogens (tertiary/aromatic N) is 1. The van der Waals surface area contributed by atoms with E-state index in [1.54, 1.807) is 0 Å². The van der Waals surface area contributed by atoms with Gasteiger partial charge < -0.3 is 21.3 Å². The van der Waals surface area contributed by atoms with E-state index in [1.165, 1.54) is 31.4 Å². The van der Waals surface area contributed by atoms with Crippen molar-refractivity contribution >= 4 is 0 Å². The molecule has 2 aliphatic heterocycles. The predicted octanol–water partition coefficient (Wildman–Crippen LogP) is 1.43. The van der Waals surface area contributed by atoms with Crippen LogP contribution in [0.5, 0.6) is 0 Å². The second kappa shape index (κ2) is 5.45. The summed E-state index contributed by atoms with van der Waals surface area (Å²) in [6.45, 7) is 8.49. The molecule has 0 aromatic carbocycles. The lowest BCUT2D eigenvalue weighted by Gasteiger charge is -2.34. The average molecular weight is 236 g/mol. The standard InChI is InChI=1S/C13H24N4/c1-3-4-5-12-13(14)16-10(2)17(12)11-6-8-15-9-7-11/h11,15-16H,2-9,14H2,1H3. The van der Waals surface area contributed by atoms with Crippen molar-refractivity contribution in [1.82, 2.24) is 15.5 Å². The van der Waals surface area contributed by atoms with Crippen LogP contribution in [0.3, 0.4) is 0 Å². The number of hydrogen-bond acceptors (Lipinski definition) is 4. The van der Waals surface area contributed by atoms with Gasteiger partial charge in [0.2, 0.25) is 0 Å². The van der Waals surface area contributed by atoms with Crippen LogP contribution in [0, 0.1) is 0 Å². The molecule has 1 saturated heterocycles. The number of nitrogens with two attached hydrogens (primary N) is 1. The summed E-state index contributed by atoms with van der Waals surface area (Å²) < 4.78 is 0. The molecule has 0 spiro atoms. The van der Waals surface area contributed by atoms with E-state index in [0.717, 1.165) is 31.2 Å². The summed E-state index contributed by atoms with van der Waals surface area (Å²) in [7, 11) is 0. The summed E-state index contributed by atoms with van der Waals surface area (Å²) in [6.07, 6.45) is 5.78. The fraction of sp³-hybridized carbons (Fsp3) is 0.692. The van der Waals surface area contributed by atoms with E-state index in [1.807, 2.05) is 0 Å². The van der Waals surface area contributed by atoms with E-state index in [0.29, 0.717) is 6.04 Å². The smallest absolute Gasteiger partial charge is 0.122 e.